The van der Waals surface area contributed by atoms with Gasteiger partial charge >= 0.3 is 6.03 Å². The third-order valence-electron chi connectivity index (χ3n) is 4.68. The smallest absolute Gasteiger partial charge is 0.325 e. The second kappa shape index (κ2) is 6.56. The van der Waals surface area contributed by atoms with Gasteiger partial charge in [-0.2, -0.15) is 0 Å². The average molecular weight is 383 g/mol. The largest absolute Gasteiger partial charge is 0.439 e. The van der Waals surface area contributed by atoms with Crippen molar-refractivity contribution >= 4 is 11.9 Å². The van der Waals surface area contributed by atoms with Gasteiger partial charge in [0.15, 0.2) is 17.4 Å². The number of nitrogens with zero attached hydrogens (tertiary/aromatic N) is 2. The van der Waals surface area contributed by atoms with Crippen LogP contribution in [0, 0.1) is 11.6 Å². The number of imide groups is 1. The fourth-order valence-corrected chi connectivity index (χ4v) is 3.10. The van der Waals surface area contributed by atoms with Gasteiger partial charge in [-0.15, -0.1) is 0 Å². The summed E-state index contributed by atoms with van der Waals surface area (Å²) < 4.78 is 32.5. The third kappa shape index (κ3) is 2.92. The summed E-state index contributed by atoms with van der Waals surface area (Å²) in [7, 11) is 0. The molecule has 0 spiro atoms. The summed E-state index contributed by atoms with van der Waals surface area (Å²) in [6.07, 6.45) is 1.51. The summed E-state index contributed by atoms with van der Waals surface area (Å²) in [6, 6.07) is 11.7. The van der Waals surface area contributed by atoms with E-state index in [4.69, 9.17) is 4.42 Å². The Morgan fingerprint density at radius 3 is 2.57 bits per heavy atom. The zero-order valence-electron chi connectivity index (χ0n) is 14.8. The van der Waals surface area contributed by atoms with Gasteiger partial charge in [-0.1, -0.05) is 36.4 Å². The third-order valence-corrected chi connectivity index (χ3v) is 4.68. The number of aromatic nitrogens is 1. The molecule has 2 heterocycles. The zero-order chi connectivity index (χ0) is 19.9. The highest BCUT2D eigenvalue weighted by Gasteiger charge is 2.49. The van der Waals surface area contributed by atoms with E-state index in [1.165, 1.54) is 19.2 Å². The van der Waals surface area contributed by atoms with Crippen LogP contribution in [-0.2, 0) is 16.9 Å². The molecule has 1 unspecified atom stereocenters. The molecule has 0 radical (unpaired) electrons. The van der Waals surface area contributed by atoms with Gasteiger partial charge in [0.2, 0.25) is 5.89 Å². The molecule has 1 N–H and O–H groups in total. The van der Waals surface area contributed by atoms with Crippen LogP contribution in [0.1, 0.15) is 18.4 Å². The van der Waals surface area contributed by atoms with Crippen molar-refractivity contribution in [2.24, 2.45) is 0 Å². The van der Waals surface area contributed by atoms with Crippen LogP contribution in [0.15, 0.2) is 59.1 Å². The van der Waals surface area contributed by atoms with Crippen LogP contribution < -0.4 is 5.32 Å². The number of urea groups is 1. The molecule has 0 bridgehead atoms. The average Bonchev–Trinajstić information content (AvgIpc) is 3.24. The number of hydrogen-bond donors (Lipinski definition) is 1. The minimum Gasteiger partial charge on any atom is -0.439 e. The quantitative estimate of drug-likeness (QED) is 0.699. The number of carbonyl (C=O) groups is 2. The number of halogens is 2. The first-order chi connectivity index (χ1) is 13.4. The molecule has 1 atom stereocenters. The summed E-state index contributed by atoms with van der Waals surface area (Å²) in [5, 5.41) is 2.53. The first-order valence-electron chi connectivity index (χ1n) is 8.48. The Morgan fingerprint density at radius 2 is 1.86 bits per heavy atom. The van der Waals surface area contributed by atoms with Gasteiger partial charge in [-0.3, -0.25) is 9.69 Å². The Kier molecular flexibility index (Phi) is 4.18. The van der Waals surface area contributed by atoms with Crippen molar-refractivity contribution in [1.82, 2.24) is 15.2 Å². The minimum absolute atomic E-state index is 0.143. The Bertz CT molecular complexity index is 1070. The monoisotopic (exact) mass is 383 g/mol. The number of rotatable bonds is 4. The summed E-state index contributed by atoms with van der Waals surface area (Å²) in [5.41, 5.74) is -0.560. The van der Waals surface area contributed by atoms with Crippen molar-refractivity contribution in [3.05, 3.63) is 77.8 Å². The molecule has 1 aliphatic heterocycles. The van der Waals surface area contributed by atoms with Crippen LogP contribution in [0.25, 0.3) is 11.3 Å². The highest BCUT2D eigenvalue weighted by Crippen LogP contribution is 2.31. The van der Waals surface area contributed by atoms with Gasteiger partial charge in [0.25, 0.3) is 5.91 Å². The molecule has 0 saturated carbocycles. The minimum atomic E-state index is -1.51. The molecule has 28 heavy (non-hydrogen) atoms. The standard InChI is InChI=1S/C20H15F2N3O3/c1-20(13-7-8-14(21)15(22)9-13)18(26)25(19(27)24-20)11-17-23-10-16(28-17)12-5-3-2-4-6-12/h2-10H,11H2,1H3,(H,24,27). The Labute approximate surface area is 158 Å². The van der Waals surface area contributed by atoms with Crippen molar-refractivity contribution in [3.63, 3.8) is 0 Å². The first kappa shape index (κ1) is 17.8. The molecule has 4 rings (SSSR count). The summed E-state index contributed by atoms with van der Waals surface area (Å²) in [5.74, 6) is -2.06. The van der Waals surface area contributed by atoms with Gasteiger partial charge < -0.3 is 9.73 Å². The molecular formula is C20H15F2N3O3. The van der Waals surface area contributed by atoms with Gasteiger partial charge in [0, 0.05) is 5.56 Å². The van der Waals surface area contributed by atoms with Crippen LogP contribution in [-0.4, -0.2) is 21.8 Å². The molecule has 6 nitrogen and oxygen atoms in total. The second-order valence-corrected chi connectivity index (χ2v) is 6.56. The van der Waals surface area contributed by atoms with E-state index in [0.29, 0.717) is 5.76 Å². The Hall–Kier alpha value is -3.55. The maximum Gasteiger partial charge on any atom is 0.325 e. The van der Waals surface area contributed by atoms with E-state index >= 15 is 0 Å². The topological polar surface area (TPSA) is 75.4 Å². The van der Waals surface area contributed by atoms with Crippen LogP contribution >= 0.6 is 0 Å². The molecule has 1 aliphatic rings. The van der Waals surface area contributed by atoms with Gasteiger partial charge in [0.05, 0.1) is 6.20 Å². The first-order valence-corrected chi connectivity index (χ1v) is 8.48. The normalized spacial score (nSPS) is 19.2. The SMILES string of the molecule is CC1(c2ccc(F)c(F)c2)NC(=O)N(Cc2ncc(-c3ccccc3)o2)C1=O. The van der Waals surface area contributed by atoms with Crippen LogP contribution in [0.2, 0.25) is 0 Å². The highest BCUT2D eigenvalue weighted by atomic mass is 19.2. The van der Waals surface area contributed by atoms with Crippen molar-refractivity contribution in [3.8, 4) is 11.3 Å². The number of benzene rings is 2. The van der Waals surface area contributed by atoms with Crippen molar-refractivity contribution < 1.29 is 22.8 Å². The van der Waals surface area contributed by atoms with E-state index in [0.717, 1.165) is 22.6 Å². The van der Waals surface area contributed by atoms with Crippen LogP contribution in [0.5, 0.6) is 0 Å². The lowest BCUT2D eigenvalue weighted by Crippen LogP contribution is -2.41. The number of nitrogens with one attached hydrogen (secondary N) is 1. The van der Waals surface area contributed by atoms with E-state index in [2.05, 4.69) is 10.3 Å². The molecule has 2 aromatic carbocycles. The highest BCUT2D eigenvalue weighted by molar-refractivity contribution is 6.07. The number of oxazole rings is 1. The predicted molar refractivity (Wildman–Crippen MR) is 94.7 cm³/mol. The molecule has 3 amide bonds. The molecule has 1 fully saturated rings. The maximum atomic E-state index is 13.6. The molecule has 3 aromatic rings. The molecule has 8 heteroatoms. The lowest BCUT2D eigenvalue weighted by molar-refractivity contribution is -0.131. The zero-order valence-corrected chi connectivity index (χ0v) is 14.8. The lowest BCUT2D eigenvalue weighted by atomic mass is 9.92. The summed E-state index contributed by atoms with van der Waals surface area (Å²) in [6.45, 7) is 1.25. The Morgan fingerprint density at radius 1 is 1.11 bits per heavy atom. The molecular weight excluding hydrogens is 368 g/mol. The fourth-order valence-electron chi connectivity index (χ4n) is 3.10. The van der Waals surface area contributed by atoms with Crippen molar-refractivity contribution in [2.45, 2.75) is 19.0 Å². The number of carbonyl (C=O) groups excluding carboxylic acids is 2. The summed E-state index contributed by atoms with van der Waals surface area (Å²) >= 11 is 0. The molecule has 0 aliphatic carbocycles. The van der Waals surface area contributed by atoms with Crippen molar-refractivity contribution in [1.29, 1.82) is 0 Å². The van der Waals surface area contributed by atoms with E-state index in [-0.39, 0.29) is 18.0 Å². The van der Waals surface area contributed by atoms with Crippen LogP contribution in [0.4, 0.5) is 13.6 Å². The van der Waals surface area contributed by atoms with Crippen molar-refractivity contribution in [2.75, 3.05) is 0 Å². The van der Waals surface area contributed by atoms with Gasteiger partial charge in [-0.25, -0.2) is 18.6 Å². The lowest BCUT2D eigenvalue weighted by Gasteiger charge is -2.22. The fraction of sp³-hybridized carbons (Fsp3) is 0.150. The van der Waals surface area contributed by atoms with Gasteiger partial charge in [-0.05, 0) is 24.6 Å². The van der Waals surface area contributed by atoms with E-state index in [1.54, 1.807) is 0 Å². The molecule has 1 saturated heterocycles. The predicted octanol–water partition coefficient (Wildman–Crippen LogP) is 3.59. The Balaban J connectivity index is 1.58. The van der Waals surface area contributed by atoms with E-state index < -0.39 is 29.1 Å². The maximum absolute atomic E-state index is 13.6. The van der Waals surface area contributed by atoms with Crippen LogP contribution in [0.3, 0.4) is 0 Å². The number of amides is 3. The second-order valence-electron chi connectivity index (χ2n) is 6.56. The van der Waals surface area contributed by atoms with Gasteiger partial charge in [0.1, 0.15) is 12.1 Å². The molecule has 142 valence electrons. The van der Waals surface area contributed by atoms with E-state index in [9.17, 15) is 18.4 Å². The number of hydrogen-bond acceptors (Lipinski definition) is 4. The van der Waals surface area contributed by atoms with E-state index in [1.807, 2.05) is 30.3 Å². The summed E-state index contributed by atoms with van der Waals surface area (Å²) in [4.78, 5) is 30.3. The molecule has 1 aromatic heterocycles.